The highest BCUT2D eigenvalue weighted by Crippen LogP contribution is 2.09. The van der Waals surface area contributed by atoms with Crippen molar-refractivity contribution >= 4 is 0 Å². The van der Waals surface area contributed by atoms with Gasteiger partial charge in [0, 0.05) is 19.6 Å². The van der Waals surface area contributed by atoms with E-state index in [1.807, 2.05) is 18.0 Å². The molecule has 0 aromatic carbocycles. The lowest BCUT2D eigenvalue weighted by molar-refractivity contribution is 0.224. The van der Waals surface area contributed by atoms with Crippen LogP contribution >= 0.6 is 0 Å². The third kappa shape index (κ3) is 1.64. The summed E-state index contributed by atoms with van der Waals surface area (Å²) < 4.78 is 0. The smallest absolute Gasteiger partial charge is 0.182 e. The van der Waals surface area contributed by atoms with Crippen molar-refractivity contribution in [3.63, 3.8) is 0 Å². The quantitative estimate of drug-likeness (QED) is 0.595. The summed E-state index contributed by atoms with van der Waals surface area (Å²) >= 11 is 0. The number of likely N-dealkylation sites (N-methyl/N-ethyl adjacent to an activating group) is 1. The van der Waals surface area contributed by atoms with Crippen LogP contribution in [0.5, 0.6) is 0 Å². The maximum Gasteiger partial charge on any atom is 0.182 e. The van der Waals surface area contributed by atoms with Gasteiger partial charge in [-0.05, 0) is 19.5 Å². The zero-order valence-corrected chi connectivity index (χ0v) is 6.30. The van der Waals surface area contributed by atoms with Crippen LogP contribution in [0.15, 0.2) is 12.0 Å². The topological polar surface area (TPSA) is 35.5 Å². The van der Waals surface area contributed by atoms with Crippen LogP contribution in [0.25, 0.3) is 0 Å². The largest absolute Gasteiger partial charge is 0.495 e. The number of rotatable bonds is 3. The van der Waals surface area contributed by atoms with E-state index >= 15 is 0 Å². The Bertz CT molecular complexity index is 134. The van der Waals surface area contributed by atoms with Crippen LogP contribution < -0.4 is 5.32 Å². The Morgan fingerprint density at radius 1 is 1.80 bits per heavy atom. The number of aliphatic hydroxyl groups excluding tert-OH is 1. The third-order valence-corrected chi connectivity index (χ3v) is 1.68. The molecule has 0 aliphatic carbocycles. The van der Waals surface area contributed by atoms with Gasteiger partial charge in [-0.25, -0.2) is 0 Å². The lowest BCUT2D eigenvalue weighted by atomic mass is 10.5. The summed E-state index contributed by atoms with van der Waals surface area (Å²) in [6.07, 6.45) is 2.84. The first-order valence-electron chi connectivity index (χ1n) is 3.63. The molecular formula is C7H14N2O. The number of aliphatic hydroxyl groups is 1. The van der Waals surface area contributed by atoms with Crippen molar-refractivity contribution in [1.82, 2.24) is 10.2 Å². The van der Waals surface area contributed by atoms with E-state index in [2.05, 4.69) is 5.32 Å². The second-order valence-corrected chi connectivity index (χ2v) is 2.44. The van der Waals surface area contributed by atoms with Crippen molar-refractivity contribution in [3.8, 4) is 0 Å². The minimum absolute atomic E-state index is 0.440. The molecule has 0 unspecified atom stereocenters. The first-order chi connectivity index (χ1) is 4.84. The first-order valence-corrected chi connectivity index (χ1v) is 3.63. The van der Waals surface area contributed by atoms with Crippen LogP contribution in [-0.2, 0) is 0 Å². The predicted molar refractivity (Wildman–Crippen MR) is 40.8 cm³/mol. The minimum Gasteiger partial charge on any atom is -0.495 e. The van der Waals surface area contributed by atoms with Gasteiger partial charge in [0.25, 0.3) is 0 Å². The van der Waals surface area contributed by atoms with Gasteiger partial charge in [0.05, 0.1) is 0 Å². The molecule has 1 aliphatic rings. The van der Waals surface area contributed by atoms with E-state index < -0.39 is 0 Å². The molecule has 1 aliphatic heterocycles. The maximum absolute atomic E-state index is 9.17. The van der Waals surface area contributed by atoms with E-state index in [1.54, 1.807) is 0 Å². The van der Waals surface area contributed by atoms with Gasteiger partial charge in [-0.3, -0.25) is 0 Å². The Hall–Kier alpha value is -0.700. The highest BCUT2D eigenvalue weighted by atomic mass is 16.3. The molecule has 1 rings (SSSR count). The van der Waals surface area contributed by atoms with Gasteiger partial charge < -0.3 is 15.3 Å². The molecule has 0 aromatic rings. The van der Waals surface area contributed by atoms with Crippen LogP contribution in [-0.4, -0.2) is 36.7 Å². The van der Waals surface area contributed by atoms with Crippen molar-refractivity contribution in [1.29, 1.82) is 0 Å². The Balaban J connectivity index is 2.22. The summed E-state index contributed by atoms with van der Waals surface area (Å²) in [5, 5.41) is 12.2. The zero-order chi connectivity index (χ0) is 7.40. The Kier molecular flexibility index (Phi) is 2.57. The van der Waals surface area contributed by atoms with Crippen LogP contribution in [0, 0.1) is 0 Å². The Labute approximate surface area is 61.3 Å². The molecule has 0 aromatic heterocycles. The van der Waals surface area contributed by atoms with E-state index in [9.17, 15) is 5.11 Å². The van der Waals surface area contributed by atoms with Crippen LogP contribution in [0.3, 0.4) is 0 Å². The zero-order valence-electron chi connectivity index (χ0n) is 6.30. The molecule has 0 atom stereocenters. The van der Waals surface area contributed by atoms with E-state index in [0.717, 1.165) is 26.1 Å². The van der Waals surface area contributed by atoms with Crippen LogP contribution in [0.1, 0.15) is 6.42 Å². The summed E-state index contributed by atoms with van der Waals surface area (Å²) in [5.74, 6) is 0.440. The van der Waals surface area contributed by atoms with Gasteiger partial charge in [-0.1, -0.05) is 0 Å². The van der Waals surface area contributed by atoms with Crippen molar-refractivity contribution in [3.05, 3.63) is 12.0 Å². The van der Waals surface area contributed by atoms with Gasteiger partial charge in [0.2, 0.25) is 0 Å². The van der Waals surface area contributed by atoms with E-state index in [-0.39, 0.29) is 0 Å². The lowest BCUT2D eigenvalue weighted by Crippen LogP contribution is -2.28. The van der Waals surface area contributed by atoms with Gasteiger partial charge in [0.15, 0.2) is 5.88 Å². The Morgan fingerprint density at radius 3 is 3.10 bits per heavy atom. The summed E-state index contributed by atoms with van der Waals surface area (Å²) in [6.45, 7) is 2.80. The van der Waals surface area contributed by atoms with E-state index in [0.29, 0.717) is 5.88 Å². The van der Waals surface area contributed by atoms with E-state index in [4.69, 9.17) is 0 Å². The van der Waals surface area contributed by atoms with Gasteiger partial charge in [0.1, 0.15) is 0 Å². The first kappa shape index (κ1) is 7.41. The van der Waals surface area contributed by atoms with Gasteiger partial charge in [-0.15, -0.1) is 0 Å². The van der Waals surface area contributed by atoms with Gasteiger partial charge >= 0.3 is 0 Å². The molecule has 0 spiro atoms. The summed E-state index contributed by atoms with van der Waals surface area (Å²) in [5.41, 5.74) is 0. The highest BCUT2D eigenvalue weighted by Gasteiger charge is 2.11. The van der Waals surface area contributed by atoms with E-state index in [1.165, 1.54) is 0 Å². The standard InChI is InChI=1S/C7H14N2O/c1-8-4-6-9-5-2-3-7(9)10/h3,8,10H,2,4-6H2,1H3. The molecule has 0 radical (unpaired) electrons. The van der Waals surface area contributed by atoms with Gasteiger partial charge in [-0.2, -0.15) is 0 Å². The molecule has 1 heterocycles. The summed E-state index contributed by atoms with van der Waals surface area (Å²) in [4.78, 5) is 1.97. The molecular weight excluding hydrogens is 128 g/mol. The molecule has 0 saturated heterocycles. The molecule has 10 heavy (non-hydrogen) atoms. The average molecular weight is 142 g/mol. The fraction of sp³-hybridized carbons (Fsp3) is 0.714. The minimum atomic E-state index is 0.440. The predicted octanol–water partition coefficient (Wildman–Crippen LogP) is 0.311. The number of nitrogens with one attached hydrogen (secondary N) is 1. The highest BCUT2D eigenvalue weighted by molar-refractivity contribution is 4.98. The molecule has 2 N–H and O–H groups in total. The summed E-state index contributed by atoms with van der Waals surface area (Å²) in [6, 6.07) is 0. The van der Waals surface area contributed by atoms with Crippen molar-refractivity contribution in [2.24, 2.45) is 0 Å². The average Bonchev–Trinajstić information content (AvgIpc) is 2.31. The fourth-order valence-electron chi connectivity index (χ4n) is 1.07. The van der Waals surface area contributed by atoms with Crippen molar-refractivity contribution in [2.75, 3.05) is 26.7 Å². The second-order valence-electron chi connectivity index (χ2n) is 2.44. The number of nitrogens with zero attached hydrogens (tertiary/aromatic N) is 1. The molecule has 0 saturated carbocycles. The molecule has 3 heteroatoms. The normalized spacial score (nSPS) is 17.7. The maximum atomic E-state index is 9.17. The molecule has 58 valence electrons. The lowest BCUT2D eigenvalue weighted by Gasteiger charge is -2.17. The van der Waals surface area contributed by atoms with Crippen molar-refractivity contribution in [2.45, 2.75) is 6.42 Å². The molecule has 0 fully saturated rings. The van der Waals surface area contributed by atoms with Crippen LogP contribution in [0.2, 0.25) is 0 Å². The number of hydrogen-bond acceptors (Lipinski definition) is 3. The number of hydrogen-bond donors (Lipinski definition) is 2. The fourth-order valence-corrected chi connectivity index (χ4v) is 1.07. The summed E-state index contributed by atoms with van der Waals surface area (Å²) in [7, 11) is 1.91. The third-order valence-electron chi connectivity index (χ3n) is 1.68. The van der Waals surface area contributed by atoms with Crippen molar-refractivity contribution < 1.29 is 5.11 Å². The van der Waals surface area contributed by atoms with Crippen LogP contribution in [0.4, 0.5) is 0 Å². The SMILES string of the molecule is CNCCN1CCC=C1O. The Morgan fingerprint density at radius 2 is 2.60 bits per heavy atom. The molecule has 0 amide bonds. The monoisotopic (exact) mass is 142 g/mol. The molecule has 0 bridgehead atoms. The molecule has 3 nitrogen and oxygen atoms in total. The second kappa shape index (κ2) is 3.46.